The van der Waals surface area contributed by atoms with Gasteiger partial charge in [-0.1, -0.05) is 0 Å². The van der Waals surface area contributed by atoms with E-state index in [9.17, 15) is 19.7 Å². The number of amides is 1. The number of rotatable bonds is 5. The molecule has 0 aliphatic carbocycles. The van der Waals surface area contributed by atoms with Crippen molar-refractivity contribution in [3.8, 4) is 0 Å². The lowest BCUT2D eigenvalue weighted by Crippen LogP contribution is -2.21. The Morgan fingerprint density at radius 1 is 1.00 bits per heavy atom. The zero-order chi connectivity index (χ0) is 22.0. The number of aryl methyl sites for hydroxylation is 4. The Balaban J connectivity index is 1.70. The minimum absolute atomic E-state index is 0.0518. The van der Waals surface area contributed by atoms with Crippen molar-refractivity contribution in [3.63, 3.8) is 0 Å². The molecule has 9 heteroatoms. The number of anilines is 1. The van der Waals surface area contributed by atoms with Crippen LogP contribution in [0.4, 0.5) is 11.4 Å². The number of carbonyl (C=O) groups is 2. The van der Waals surface area contributed by atoms with Gasteiger partial charge in [0.2, 0.25) is 0 Å². The van der Waals surface area contributed by atoms with Crippen LogP contribution >= 0.6 is 0 Å². The Bertz CT molecular complexity index is 1190. The fourth-order valence-corrected chi connectivity index (χ4v) is 2.81. The number of carbonyl (C=O) groups excluding carboxylic acids is 2. The SMILES string of the molecule is Cc1cc(NC(=O)COC(=O)c2ccc3nc(C)c(C)nc3c2)c([N+](=O)[O-])cc1C. The molecule has 1 heterocycles. The smallest absolute Gasteiger partial charge is 0.338 e. The molecule has 2 aromatic carbocycles. The Hall–Kier alpha value is -3.88. The highest BCUT2D eigenvalue weighted by molar-refractivity contribution is 5.98. The van der Waals surface area contributed by atoms with Gasteiger partial charge < -0.3 is 10.1 Å². The third-order valence-electron chi connectivity index (χ3n) is 4.73. The van der Waals surface area contributed by atoms with Crippen molar-refractivity contribution in [1.82, 2.24) is 9.97 Å². The van der Waals surface area contributed by atoms with E-state index < -0.39 is 23.4 Å². The zero-order valence-electron chi connectivity index (χ0n) is 17.0. The van der Waals surface area contributed by atoms with Gasteiger partial charge in [0.15, 0.2) is 6.61 Å². The summed E-state index contributed by atoms with van der Waals surface area (Å²) in [6.45, 7) is 6.61. The Kier molecular flexibility index (Phi) is 5.72. The van der Waals surface area contributed by atoms with E-state index in [0.29, 0.717) is 11.0 Å². The van der Waals surface area contributed by atoms with Crippen molar-refractivity contribution in [1.29, 1.82) is 0 Å². The van der Waals surface area contributed by atoms with E-state index in [1.54, 1.807) is 32.0 Å². The van der Waals surface area contributed by atoms with Crippen LogP contribution in [0.2, 0.25) is 0 Å². The summed E-state index contributed by atoms with van der Waals surface area (Å²) in [6, 6.07) is 7.64. The normalized spacial score (nSPS) is 10.7. The maximum atomic E-state index is 12.3. The summed E-state index contributed by atoms with van der Waals surface area (Å²) in [7, 11) is 0. The van der Waals surface area contributed by atoms with Crippen LogP contribution in [0.1, 0.15) is 32.9 Å². The highest BCUT2D eigenvalue weighted by Crippen LogP contribution is 2.27. The topological polar surface area (TPSA) is 124 Å². The van der Waals surface area contributed by atoms with Gasteiger partial charge in [-0.05, 0) is 63.1 Å². The number of nitrogens with zero attached hydrogens (tertiary/aromatic N) is 3. The molecule has 30 heavy (non-hydrogen) atoms. The second-order valence-electron chi connectivity index (χ2n) is 6.93. The van der Waals surface area contributed by atoms with Crippen LogP contribution in [0.5, 0.6) is 0 Å². The Morgan fingerprint density at radius 3 is 2.30 bits per heavy atom. The molecule has 1 amide bonds. The van der Waals surface area contributed by atoms with Gasteiger partial charge in [-0.3, -0.25) is 14.9 Å². The number of aromatic nitrogens is 2. The van der Waals surface area contributed by atoms with Gasteiger partial charge >= 0.3 is 5.97 Å². The number of nitrogens with one attached hydrogen (secondary N) is 1. The monoisotopic (exact) mass is 408 g/mol. The minimum Gasteiger partial charge on any atom is -0.452 e. The maximum absolute atomic E-state index is 12.3. The number of hydrogen-bond acceptors (Lipinski definition) is 7. The first-order valence-corrected chi connectivity index (χ1v) is 9.13. The van der Waals surface area contributed by atoms with Crippen LogP contribution in [0.3, 0.4) is 0 Å². The van der Waals surface area contributed by atoms with Crippen molar-refractivity contribution in [2.75, 3.05) is 11.9 Å². The summed E-state index contributed by atoms with van der Waals surface area (Å²) < 4.78 is 5.05. The van der Waals surface area contributed by atoms with Crippen LogP contribution in [-0.4, -0.2) is 33.4 Å². The summed E-state index contributed by atoms with van der Waals surface area (Å²) in [5.74, 6) is -1.39. The highest BCUT2D eigenvalue weighted by atomic mass is 16.6. The van der Waals surface area contributed by atoms with E-state index in [-0.39, 0.29) is 16.9 Å². The molecule has 1 N–H and O–H groups in total. The molecule has 0 aliphatic heterocycles. The largest absolute Gasteiger partial charge is 0.452 e. The fraction of sp³-hybridized carbons (Fsp3) is 0.238. The predicted molar refractivity (Wildman–Crippen MR) is 110 cm³/mol. The molecule has 0 aliphatic rings. The van der Waals surface area contributed by atoms with Crippen molar-refractivity contribution in [2.24, 2.45) is 0 Å². The second-order valence-corrected chi connectivity index (χ2v) is 6.93. The molecule has 154 valence electrons. The van der Waals surface area contributed by atoms with Crippen molar-refractivity contribution in [3.05, 3.63) is 68.5 Å². The molecule has 0 fully saturated rings. The van der Waals surface area contributed by atoms with Gasteiger partial charge in [-0.2, -0.15) is 0 Å². The summed E-state index contributed by atoms with van der Waals surface area (Å²) in [4.78, 5) is 43.9. The summed E-state index contributed by atoms with van der Waals surface area (Å²) in [6.07, 6.45) is 0. The van der Waals surface area contributed by atoms with Gasteiger partial charge in [0, 0.05) is 6.07 Å². The number of hydrogen-bond donors (Lipinski definition) is 1. The van der Waals surface area contributed by atoms with Crippen molar-refractivity contribution >= 4 is 34.3 Å². The molecular formula is C21H20N4O5. The molecule has 1 aromatic heterocycles. The highest BCUT2D eigenvalue weighted by Gasteiger charge is 2.19. The van der Waals surface area contributed by atoms with Crippen LogP contribution in [0, 0.1) is 37.8 Å². The van der Waals surface area contributed by atoms with E-state index in [2.05, 4.69) is 15.3 Å². The number of nitro groups is 1. The molecule has 3 aromatic rings. The zero-order valence-corrected chi connectivity index (χ0v) is 17.0. The molecule has 0 radical (unpaired) electrons. The first-order chi connectivity index (χ1) is 14.2. The first kappa shape index (κ1) is 20.8. The lowest BCUT2D eigenvalue weighted by molar-refractivity contribution is -0.384. The van der Waals surface area contributed by atoms with E-state index in [0.717, 1.165) is 22.5 Å². The van der Waals surface area contributed by atoms with Crippen LogP contribution in [0.15, 0.2) is 30.3 Å². The van der Waals surface area contributed by atoms with Crippen LogP contribution in [0.25, 0.3) is 11.0 Å². The van der Waals surface area contributed by atoms with Crippen molar-refractivity contribution < 1.29 is 19.2 Å². The molecule has 0 bridgehead atoms. The number of esters is 1. The molecular weight excluding hydrogens is 388 g/mol. The summed E-state index contributed by atoms with van der Waals surface area (Å²) in [5.41, 5.74) is 4.32. The molecule has 3 rings (SSSR count). The third kappa shape index (κ3) is 4.40. The first-order valence-electron chi connectivity index (χ1n) is 9.13. The number of benzene rings is 2. The maximum Gasteiger partial charge on any atom is 0.338 e. The number of nitro benzene ring substituents is 1. The van der Waals surface area contributed by atoms with Gasteiger partial charge in [0.05, 0.1) is 32.9 Å². The van der Waals surface area contributed by atoms with Gasteiger partial charge in [0.1, 0.15) is 5.69 Å². The molecule has 0 spiro atoms. The third-order valence-corrected chi connectivity index (χ3v) is 4.73. The van der Waals surface area contributed by atoms with Gasteiger partial charge in [-0.15, -0.1) is 0 Å². The van der Waals surface area contributed by atoms with Crippen LogP contribution in [-0.2, 0) is 9.53 Å². The predicted octanol–water partition coefficient (Wildman–Crippen LogP) is 3.57. The minimum atomic E-state index is -0.707. The van der Waals surface area contributed by atoms with E-state index in [4.69, 9.17) is 4.74 Å². The van der Waals surface area contributed by atoms with Crippen molar-refractivity contribution in [2.45, 2.75) is 27.7 Å². The molecule has 0 atom stereocenters. The van der Waals surface area contributed by atoms with Gasteiger partial charge in [-0.25, -0.2) is 14.8 Å². The fourth-order valence-electron chi connectivity index (χ4n) is 2.81. The number of ether oxygens (including phenoxy) is 1. The standard InChI is InChI=1S/C21H20N4O5/c1-11-7-18(19(25(28)29)8-12(11)2)24-20(26)10-30-21(27)15-5-6-16-17(9-15)23-14(4)13(3)22-16/h5-9H,10H2,1-4H3,(H,24,26). The summed E-state index contributed by atoms with van der Waals surface area (Å²) in [5, 5.41) is 13.7. The van der Waals surface area contributed by atoms with E-state index in [1.165, 1.54) is 12.1 Å². The summed E-state index contributed by atoms with van der Waals surface area (Å²) >= 11 is 0. The lowest BCUT2D eigenvalue weighted by atomic mass is 10.1. The van der Waals surface area contributed by atoms with Crippen LogP contribution < -0.4 is 5.32 Å². The second kappa shape index (κ2) is 8.24. The Labute approximate surface area is 172 Å². The van der Waals surface area contributed by atoms with E-state index in [1.807, 2.05) is 13.8 Å². The van der Waals surface area contributed by atoms with E-state index >= 15 is 0 Å². The number of fused-ring (bicyclic) bond motifs is 1. The molecule has 9 nitrogen and oxygen atoms in total. The molecule has 0 saturated heterocycles. The lowest BCUT2D eigenvalue weighted by Gasteiger charge is -2.10. The van der Waals surface area contributed by atoms with Gasteiger partial charge in [0.25, 0.3) is 11.6 Å². The molecule has 0 saturated carbocycles. The average Bonchev–Trinajstić information content (AvgIpc) is 2.69. The average molecular weight is 408 g/mol. The quantitative estimate of drug-likeness (QED) is 0.389. The Morgan fingerprint density at radius 2 is 1.63 bits per heavy atom. The molecule has 0 unspecified atom stereocenters.